The number of nitrogens with one attached hydrogen (secondary N) is 1. The van der Waals surface area contributed by atoms with Crippen LogP contribution in [0.5, 0.6) is 0 Å². The SMILES string of the molecule is Cc1cc(=O)c(C(=O)NCc2ccccc2CN2CCOCC2)nn1-c1cccc(C(F)(F)F)c1. The molecule has 3 aromatic rings. The van der Waals surface area contributed by atoms with Crippen LogP contribution in [0.3, 0.4) is 0 Å². The molecule has 2 heterocycles. The fourth-order valence-electron chi connectivity index (χ4n) is 3.92. The number of carbonyl (C=O) groups is 1. The molecule has 1 amide bonds. The fraction of sp³-hybridized carbons (Fsp3) is 0.320. The van der Waals surface area contributed by atoms with Gasteiger partial charge in [-0.15, -0.1) is 0 Å². The van der Waals surface area contributed by atoms with E-state index in [0.29, 0.717) is 25.5 Å². The highest BCUT2D eigenvalue weighted by molar-refractivity contribution is 5.92. The number of ether oxygens (including phenoxy) is 1. The second-order valence-electron chi connectivity index (χ2n) is 8.30. The average Bonchev–Trinajstić information content (AvgIpc) is 2.83. The first-order valence-electron chi connectivity index (χ1n) is 11.2. The first kappa shape index (κ1) is 24.6. The molecule has 35 heavy (non-hydrogen) atoms. The van der Waals surface area contributed by atoms with Crippen LogP contribution in [0.25, 0.3) is 5.69 Å². The second-order valence-corrected chi connectivity index (χ2v) is 8.30. The Labute approximate surface area is 200 Å². The van der Waals surface area contributed by atoms with Crippen LogP contribution in [0, 0.1) is 6.92 Å². The molecule has 1 saturated heterocycles. The monoisotopic (exact) mass is 486 g/mol. The average molecular weight is 486 g/mol. The van der Waals surface area contributed by atoms with Gasteiger partial charge in [0.15, 0.2) is 5.69 Å². The summed E-state index contributed by atoms with van der Waals surface area (Å²) < 4.78 is 46.0. The number of alkyl halides is 3. The maximum Gasteiger partial charge on any atom is 0.416 e. The predicted molar refractivity (Wildman–Crippen MR) is 123 cm³/mol. The number of aromatic nitrogens is 2. The first-order valence-corrected chi connectivity index (χ1v) is 11.2. The summed E-state index contributed by atoms with van der Waals surface area (Å²) in [5.74, 6) is -0.697. The molecule has 1 fully saturated rings. The van der Waals surface area contributed by atoms with Gasteiger partial charge in [0.05, 0.1) is 24.5 Å². The third-order valence-corrected chi connectivity index (χ3v) is 5.80. The normalized spacial score (nSPS) is 14.6. The van der Waals surface area contributed by atoms with Gasteiger partial charge in [0.25, 0.3) is 5.91 Å². The maximum absolute atomic E-state index is 13.1. The van der Waals surface area contributed by atoms with Gasteiger partial charge in [-0.3, -0.25) is 14.5 Å². The number of rotatable bonds is 6. The standard InChI is InChI=1S/C25H25F3N4O3/c1-17-13-22(33)23(30-32(17)21-8-4-7-20(14-21)25(26,27)28)24(34)29-15-18-5-2-3-6-19(18)16-31-9-11-35-12-10-31/h2-8,13-14H,9-12,15-16H2,1H3,(H,29,34). The van der Waals surface area contributed by atoms with E-state index in [1.807, 2.05) is 24.3 Å². The molecule has 1 aliphatic heterocycles. The smallest absolute Gasteiger partial charge is 0.379 e. The van der Waals surface area contributed by atoms with Gasteiger partial charge in [0, 0.05) is 37.9 Å². The summed E-state index contributed by atoms with van der Waals surface area (Å²) >= 11 is 0. The molecule has 0 radical (unpaired) electrons. The Bertz CT molecular complexity index is 1270. The summed E-state index contributed by atoms with van der Waals surface area (Å²) in [5, 5.41) is 6.83. The second kappa shape index (κ2) is 10.4. The molecule has 0 aliphatic carbocycles. The van der Waals surface area contributed by atoms with Crippen molar-refractivity contribution >= 4 is 5.91 Å². The van der Waals surface area contributed by atoms with Crippen molar-refractivity contribution in [2.24, 2.45) is 0 Å². The summed E-state index contributed by atoms with van der Waals surface area (Å²) in [6.07, 6.45) is -4.53. The van der Waals surface area contributed by atoms with Gasteiger partial charge in [-0.25, -0.2) is 4.68 Å². The van der Waals surface area contributed by atoms with Crippen molar-refractivity contribution in [2.75, 3.05) is 26.3 Å². The lowest BCUT2D eigenvalue weighted by atomic mass is 10.1. The number of aryl methyl sites for hydroxylation is 1. The van der Waals surface area contributed by atoms with E-state index in [-0.39, 0.29) is 12.2 Å². The van der Waals surface area contributed by atoms with Crippen LogP contribution in [-0.2, 0) is 24.0 Å². The number of nitrogens with zero attached hydrogens (tertiary/aromatic N) is 3. The van der Waals surface area contributed by atoms with E-state index in [0.717, 1.165) is 41.0 Å². The van der Waals surface area contributed by atoms with Crippen molar-refractivity contribution in [3.63, 3.8) is 0 Å². The molecule has 184 valence electrons. The lowest BCUT2D eigenvalue weighted by molar-refractivity contribution is -0.137. The third-order valence-electron chi connectivity index (χ3n) is 5.80. The van der Waals surface area contributed by atoms with Gasteiger partial charge in [-0.2, -0.15) is 18.3 Å². The molecule has 1 aliphatic rings. The number of halogens is 3. The molecular weight excluding hydrogens is 461 g/mol. The number of carbonyl (C=O) groups excluding carboxylic acids is 1. The van der Waals surface area contributed by atoms with Crippen molar-refractivity contribution in [3.05, 3.63) is 92.9 Å². The molecule has 0 bridgehead atoms. The molecule has 0 saturated carbocycles. The Kier molecular flexibility index (Phi) is 7.32. The van der Waals surface area contributed by atoms with Crippen molar-refractivity contribution in [1.29, 1.82) is 0 Å². The Hall–Kier alpha value is -3.50. The van der Waals surface area contributed by atoms with Gasteiger partial charge in [0.2, 0.25) is 5.43 Å². The quantitative estimate of drug-likeness (QED) is 0.579. The van der Waals surface area contributed by atoms with Crippen molar-refractivity contribution in [3.8, 4) is 5.69 Å². The van der Waals surface area contributed by atoms with Crippen LogP contribution in [-0.4, -0.2) is 46.9 Å². The highest BCUT2D eigenvalue weighted by atomic mass is 19.4. The zero-order valence-corrected chi connectivity index (χ0v) is 19.1. The Morgan fingerprint density at radius 2 is 1.77 bits per heavy atom. The molecule has 2 aromatic carbocycles. The number of hydrogen-bond acceptors (Lipinski definition) is 5. The number of amides is 1. The molecule has 1 aromatic heterocycles. The van der Waals surface area contributed by atoms with E-state index in [4.69, 9.17) is 4.74 Å². The molecule has 10 heteroatoms. The lowest BCUT2D eigenvalue weighted by Gasteiger charge is -2.27. The molecule has 7 nitrogen and oxygen atoms in total. The van der Waals surface area contributed by atoms with Gasteiger partial charge in [0.1, 0.15) is 0 Å². The summed E-state index contributed by atoms with van der Waals surface area (Å²) in [7, 11) is 0. The Morgan fingerprint density at radius 3 is 2.49 bits per heavy atom. The summed E-state index contributed by atoms with van der Waals surface area (Å²) in [6, 6.07) is 13.4. The largest absolute Gasteiger partial charge is 0.416 e. The highest BCUT2D eigenvalue weighted by Crippen LogP contribution is 2.30. The minimum absolute atomic E-state index is 0.0993. The van der Waals surface area contributed by atoms with Crippen LogP contribution < -0.4 is 10.7 Å². The third kappa shape index (κ3) is 5.95. The predicted octanol–water partition coefficient (Wildman–Crippen LogP) is 3.32. The number of hydrogen-bond donors (Lipinski definition) is 1. The van der Waals surface area contributed by atoms with Crippen LogP contribution in [0.15, 0.2) is 59.4 Å². The molecule has 4 rings (SSSR count). The van der Waals surface area contributed by atoms with Crippen LogP contribution in [0.1, 0.15) is 32.9 Å². The maximum atomic E-state index is 13.1. The van der Waals surface area contributed by atoms with E-state index in [1.54, 1.807) is 0 Å². The summed E-state index contributed by atoms with van der Waals surface area (Å²) in [5.41, 5.74) is 0.510. The topological polar surface area (TPSA) is 76.5 Å². The van der Waals surface area contributed by atoms with E-state index < -0.39 is 28.8 Å². The van der Waals surface area contributed by atoms with Crippen LogP contribution in [0.2, 0.25) is 0 Å². The molecule has 0 spiro atoms. The fourth-order valence-corrected chi connectivity index (χ4v) is 3.92. The Morgan fingerprint density at radius 1 is 1.06 bits per heavy atom. The zero-order chi connectivity index (χ0) is 25.0. The van der Waals surface area contributed by atoms with Gasteiger partial charge in [-0.05, 0) is 36.2 Å². The zero-order valence-electron chi connectivity index (χ0n) is 19.1. The molecule has 0 atom stereocenters. The highest BCUT2D eigenvalue weighted by Gasteiger charge is 2.30. The minimum atomic E-state index is -4.53. The van der Waals surface area contributed by atoms with Crippen molar-refractivity contribution in [2.45, 2.75) is 26.2 Å². The lowest BCUT2D eigenvalue weighted by Crippen LogP contribution is -2.36. The Balaban J connectivity index is 1.54. The van der Waals surface area contributed by atoms with E-state index in [9.17, 15) is 22.8 Å². The van der Waals surface area contributed by atoms with Crippen molar-refractivity contribution in [1.82, 2.24) is 20.0 Å². The first-order chi connectivity index (χ1) is 16.7. The van der Waals surface area contributed by atoms with Gasteiger partial charge < -0.3 is 10.1 Å². The van der Waals surface area contributed by atoms with E-state index >= 15 is 0 Å². The molecule has 1 N–H and O–H groups in total. The summed E-state index contributed by atoms with van der Waals surface area (Å²) in [6.45, 7) is 5.43. The van der Waals surface area contributed by atoms with Gasteiger partial charge >= 0.3 is 6.18 Å². The number of morpholine rings is 1. The molecule has 0 unspecified atom stereocenters. The van der Waals surface area contributed by atoms with E-state index in [1.165, 1.54) is 25.1 Å². The summed E-state index contributed by atoms with van der Waals surface area (Å²) in [4.78, 5) is 27.6. The minimum Gasteiger partial charge on any atom is -0.379 e. The number of benzene rings is 2. The van der Waals surface area contributed by atoms with E-state index in [2.05, 4.69) is 15.3 Å². The van der Waals surface area contributed by atoms with Gasteiger partial charge in [-0.1, -0.05) is 30.3 Å². The van der Waals surface area contributed by atoms with Crippen LogP contribution >= 0.6 is 0 Å². The van der Waals surface area contributed by atoms with Crippen LogP contribution in [0.4, 0.5) is 13.2 Å². The van der Waals surface area contributed by atoms with Crippen molar-refractivity contribution < 1.29 is 22.7 Å². The molecular formula is C25H25F3N4O3.